The summed E-state index contributed by atoms with van der Waals surface area (Å²) < 4.78 is 4.84. The Morgan fingerprint density at radius 2 is 0.833 bits per heavy atom. The second-order valence-electron chi connectivity index (χ2n) is 18.7. The molecular formula is C67H41N5. The number of hydrogen-bond donors (Lipinski definition) is 0. The maximum Gasteiger partial charge on any atom is 0.165 e. The molecule has 15 aromatic rings. The molecule has 0 fully saturated rings. The summed E-state index contributed by atoms with van der Waals surface area (Å²) in [5.41, 5.74) is 11.7. The average molecular weight is 916 g/mol. The first-order valence-electron chi connectivity index (χ1n) is 24.5. The molecule has 0 atom stereocenters. The lowest BCUT2D eigenvalue weighted by molar-refractivity contribution is 1.08. The first-order chi connectivity index (χ1) is 35.7. The first-order valence-corrected chi connectivity index (χ1v) is 24.5. The van der Waals surface area contributed by atoms with Gasteiger partial charge in [-0.25, -0.2) is 15.0 Å². The van der Waals surface area contributed by atoms with Crippen molar-refractivity contribution in [3.8, 4) is 56.7 Å². The molecule has 0 N–H and O–H groups in total. The van der Waals surface area contributed by atoms with Gasteiger partial charge in [-0.05, 0) is 109 Å². The third-order valence-electron chi connectivity index (χ3n) is 14.7. The van der Waals surface area contributed by atoms with Gasteiger partial charge >= 0.3 is 0 Å². The summed E-state index contributed by atoms with van der Waals surface area (Å²) in [5.74, 6) is 1.83. The molecular weight excluding hydrogens is 875 g/mol. The number of rotatable bonds is 6. The summed E-state index contributed by atoms with van der Waals surface area (Å²) in [4.78, 5) is 16.4. The highest BCUT2D eigenvalue weighted by Gasteiger charge is 2.25. The van der Waals surface area contributed by atoms with Gasteiger partial charge in [0.2, 0.25) is 0 Å². The summed E-state index contributed by atoms with van der Waals surface area (Å²) in [6.45, 7) is 0. The molecule has 5 heteroatoms. The summed E-state index contributed by atoms with van der Waals surface area (Å²) in [6.07, 6.45) is 0. The van der Waals surface area contributed by atoms with Crippen LogP contribution in [0.1, 0.15) is 0 Å². The Morgan fingerprint density at radius 1 is 0.264 bits per heavy atom. The van der Waals surface area contributed by atoms with Gasteiger partial charge in [0.05, 0.1) is 27.8 Å². The van der Waals surface area contributed by atoms with Gasteiger partial charge in [0.25, 0.3) is 0 Å². The van der Waals surface area contributed by atoms with E-state index in [2.05, 4.69) is 240 Å². The van der Waals surface area contributed by atoms with Crippen molar-refractivity contribution in [2.75, 3.05) is 0 Å². The molecule has 334 valence electrons. The van der Waals surface area contributed by atoms with Crippen molar-refractivity contribution in [1.29, 1.82) is 0 Å². The maximum absolute atomic E-state index is 5.59. The van der Waals surface area contributed by atoms with Gasteiger partial charge in [0.1, 0.15) is 0 Å². The van der Waals surface area contributed by atoms with Crippen LogP contribution in [0.5, 0.6) is 0 Å². The van der Waals surface area contributed by atoms with E-state index in [1.54, 1.807) is 0 Å². The highest BCUT2D eigenvalue weighted by atomic mass is 15.0. The molecule has 0 unspecified atom stereocenters. The van der Waals surface area contributed by atoms with E-state index in [0.717, 1.165) is 88.2 Å². The Labute approximate surface area is 414 Å². The molecule has 3 heterocycles. The summed E-state index contributed by atoms with van der Waals surface area (Å²) in [6, 6.07) is 89.5. The highest BCUT2D eigenvalue weighted by Crippen LogP contribution is 2.46. The van der Waals surface area contributed by atoms with Gasteiger partial charge in [-0.2, -0.15) is 0 Å². The van der Waals surface area contributed by atoms with Crippen molar-refractivity contribution in [2.45, 2.75) is 0 Å². The molecule has 0 aliphatic carbocycles. The van der Waals surface area contributed by atoms with Crippen LogP contribution in [-0.4, -0.2) is 24.1 Å². The minimum atomic E-state index is 0.607. The fraction of sp³-hybridized carbons (Fsp3) is 0. The predicted octanol–water partition coefficient (Wildman–Crippen LogP) is 17.3. The molecule has 0 saturated heterocycles. The van der Waals surface area contributed by atoms with E-state index in [1.165, 1.54) is 37.7 Å². The Bertz CT molecular complexity index is 4680. The number of nitrogens with zero attached hydrogens (tertiary/aromatic N) is 5. The lowest BCUT2D eigenvalue weighted by atomic mass is 9.89. The van der Waals surface area contributed by atoms with Gasteiger partial charge < -0.3 is 9.13 Å². The molecule has 0 aliphatic heterocycles. The third kappa shape index (κ3) is 6.17. The molecule has 12 aromatic carbocycles. The SMILES string of the molecule is c1ccc(-c2nc(-c3ccc4c(c3)c3ccccc3n4-c3ccccc3)nc(-c3c(-c4cccc5ccccc45)cc(-n4c5cc6ccccc6cc5c5c6ccccc6ccc54)c4ccccc34)n2)cc1. The Morgan fingerprint density at radius 3 is 1.62 bits per heavy atom. The normalized spacial score (nSPS) is 11.9. The van der Waals surface area contributed by atoms with Crippen LogP contribution in [0.15, 0.2) is 249 Å². The molecule has 0 amide bonds. The summed E-state index contributed by atoms with van der Waals surface area (Å²) in [7, 11) is 0. The van der Waals surface area contributed by atoms with Gasteiger partial charge in [-0.1, -0.05) is 188 Å². The largest absolute Gasteiger partial charge is 0.309 e. The molecule has 0 spiro atoms. The average Bonchev–Trinajstić information content (AvgIpc) is 3.96. The van der Waals surface area contributed by atoms with Crippen LogP contribution in [0.4, 0.5) is 0 Å². The van der Waals surface area contributed by atoms with Crippen LogP contribution in [0, 0.1) is 0 Å². The van der Waals surface area contributed by atoms with Crippen molar-refractivity contribution in [1.82, 2.24) is 24.1 Å². The van der Waals surface area contributed by atoms with Crippen molar-refractivity contribution < 1.29 is 0 Å². The lowest BCUT2D eigenvalue weighted by Gasteiger charge is -2.20. The van der Waals surface area contributed by atoms with E-state index in [9.17, 15) is 0 Å². The molecule has 0 aliphatic rings. The monoisotopic (exact) mass is 915 g/mol. The Balaban J connectivity index is 1.05. The number of hydrogen-bond acceptors (Lipinski definition) is 3. The number of aromatic nitrogens is 5. The van der Waals surface area contributed by atoms with E-state index in [1.807, 2.05) is 18.2 Å². The van der Waals surface area contributed by atoms with E-state index < -0.39 is 0 Å². The van der Waals surface area contributed by atoms with E-state index >= 15 is 0 Å². The zero-order chi connectivity index (χ0) is 47.3. The van der Waals surface area contributed by atoms with E-state index in [-0.39, 0.29) is 0 Å². The topological polar surface area (TPSA) is 48.5 Å². The smallest absolute Gasteiger partial charge is 0.165 e. The highest BCUT2D eigenvalue weighted by molar-refractivity contribution is 6.24. The van der Waals surface area contributed by atoms with Crippen LogP contribution >= 0.6 is 0 Å². The van der Waals surface area contributed by atoms with Crippen LogP contribution < -0.4 is 0 Å². The molecule has 5 nitrogen and oxygen atoms in total. The lowest BCUT2D eigenvalue weighted by Crippen LogP contribution is -2.04. The fourth-order valence-corrected chi connectivity index (χ4v) is 11.5. The fourth-order valence-electron chi connectivity index (χ4n) is 11.5. The number of benzene rings is 12. The maximum atomic E-state index is 5.59. The minimum Gasteiger partial charge on any atom is -0.309 e. The van der Waals surface area contributed by atoms with Crippen molar-refractivity contribution in [3.05, 3.63) is 249 Å². The number of fused-ring (bicyclic) bond motifs is 11. The molecule has 0 bridgehead atoms. The molecule has 15 rings (SSSR count). The summed E-state index contributed by atoms with van der Waals surface area (Å²) in [5, 5.41) is 14.1. The summed E-state index contributed by atoms with van der Waals surface area (Å²) >= 11 is 0. The predicted molar refractivity (Wildman–Crippen MR) is 300 cm³/mol. The standard InChI is InChI=1S/C67H41N5/c1-3-20-44(21-4-1)65-68-66(47-35-36-59-55(39-47)53-30-15-16-33-58(53)71(59)48-25-5-2-6-26-48)70-67(69-65)64-54-31-14-13-29-52(54)62(41-56(64)51-32-17-24-42-18-9-11-27-49(42)51)72-60-37-34-43-19-10-12-28-50(43)63(60)57-38-45-22-7-8-23-46(45)40-61(57)72/h1-41H. The molecule has 72 heavy (non-hydrogen) atoms. The van der Waals surface area contributed by atoms with Crippen LogP contribution in [0.25, 0.3) is 143 Å². The van der Waals surface area contributed by atoms with Gasteiger partial charge in [-0.15, -0.1) is 0 Å². The second-order valence-corrected chi connectivity index (χ2v) is 18.7. The molecule has 3 aromatic heterocycles. The zero-order valence-electron chi connectivity index (χ0n) is 38.9. The van der Waals surface area contributed by atoms with Crippen LogP contribution in [-0.2, 0) is 0 Å². The van der Waals surface area contributed by atoms with E-state index in [0.29, 0.717) is 17.5 Å². The minimum absolute atomic E-state index is 0.607. The quantitative estimate of drug-likeness (QED) is 0.167. The first kappa shape index (κ1) is 40.2. The van der Waals surface area contributed by atoms with Crippen molar-refractivity contribution in [2.24, 2.45) is 0 Å². The second kappa shape index (κ2) is 15.9. The van der Waals surface area contributed by atoms with Crippen LogP contribution in [0.2, 0.25) is 0 Å². The van der Waals surface area contributed by atoms with Gasteiger partial charge in [-0.3, -0.25) is 0 Å². The van der Waals surface area contributed by atoms with Crippen molar-refractivity contribution >= 4 is 86.7 Å². The van der Waals surface area contributed by atoms with Crippen molar-refractivity contribution in [3.63, 3.8) is 0 Å². The molecule has 0 saturated carbocycles. The van der Waals surface area contributed by atoms with E-state index in [4.69, 9.17) is 15.0 Å². The Kier molecular flexibility index (Phi) is 8.89. The van der Waals surface area contributed by atoms with Crippen LogP contribution in [0.3, 0.4) is 0 Å². The number of para-hydroxylation sites is 2. The Hall–Kier alpha value is -9.71. The third-order valence-corrected chi connectivity index (χ3v) is 14.7. The van der Waals surface area contributed by atoms with Gasteiger partial charge in [0.15, 0.2) is 17.5 Å². The zero-order valence-corrected chi connectivity index (χ0v) is 38.9. The van der Waals surface area contributed by atoms with Gasteiger partial charge in [0, 0.05) is 49.3 Å². The molecule has 0 radical (unpaired) electrons.